The van der Waals surface area contributed by atoms with Gasteiger partial charge in [0, 0.05) is 36.7 Å². The average molecular weight is 635 g/mol. The van der Waals surface area contributed by atoms with E-state index < -0.39 is 0 Å². The van der Waals surface area contributed by atoms with Gasteiger partial charge in [-0.1, -0.05) is 108 Å². The molecule has 2 amide bonds. The molecule has 6 nitrogen and oxygen atoms in total. The van der Waals surface area contributed by atoms with Gasteiger partial charge in [-0.15, -0.1) is 0 Å². The fraction of sp³-hybridized carbons (Fsp3) is 0.600. The predicted octanol–water partition coefficient (Wildman–Crippen LogP) is 8.73. The van der Waals surface area contributed by atoms with Crippen LogP contribution in [0.3, 0.4) is 0 Å². The van der Waals surface area contributed by atoms with Gasteiger partial charge < -0.3 is 20.8 Å². The van der Waals surface area contributed by atoms with Crippen molar-refractivity contribution in [3.05, 3.63) is 63.7 Å². The van der Waals surface area contributed by atoms with Crippen molar-refractivity contribution in [2.24, 2.45) is 0 Å². The maximum Gasteiger partial charge on any atom is 0.243 e. The van der Waals surface area contributed by atoms with Crippen LogP contribution in [-0.2, 0) is 37.7 Å². The first-order valence-electron chi connectivity index (χ1n) is 17.0. The summed E-state index contributed by atoms with van der Waals surface area (Å²) in [5, 5.41) is 27.9. The molecule has 2 aromatic carbocycles. The molecule has 0 unspecified atom stereocenters. The lowest BCUT2D eigenvalue weighted by molar-refractivity contribution is -0.121. The lowest BCUT2D eigenvalue weighted by Gasteiger charge is -2.28. The molecule has 0 spiro atoms. The first-order chi connectivity index (χ1) is 21.0. The minimum Gasteiger partial charge on any atom is -0.507 e. The summed E-state index contributed by atoms with van der Waals surface area (Å²) >= 11 is 0. The van der Waals surface area contributed by atoms with Crippen molar-refractivity contribution in [3.8, 4) is 11.5 Å². The molecule has 2 rings (SSSR count). The minimum absolute atomic E-state index is 0.0413. The molecule has 0 aliphatic rings. The highest BCUT2D eigenvalue weighted by Gasteiger charge is 2.27. The summed E-state index contributed by atoms with van der Waals surface area (Å²) < 4.78 is 0. The topological polar surface area (TPSA) is 98.7 Å². The van der Waals surface area contributed by atoms with E-state index in [1.807, 2.05) is 30.3 Å². The van der Waals surface area contributed by atoms with Gasteiger partial charge in [-0.05, 0) is 81.4 Å². The van der Waals surface area contributed by atoms with E-state index in [9.17, 15) is 19.8 Å². The van der Waals surface area contributed by atoms with Gasteiger partial charge >= 0.3 is 0 Å². The molecule has 46 heavy (non-hydrogen) atoms. The van der Waals surface area contributed by atoms with Gasteiger partial charge in [-0.25, -0.2) is 0 Å². The molecular formula is C40H62N2O4. The summed E-state index contributed by atoms with van der Waals surface area (Å²) in [7, 11) is 0. The number of phenols is 2. The van der Waals surface area contributed by atoms with E-state index in [1.54, 1.807) is 6.08 Å². The normalized spacial score (nSPS) is 12.9. The van der Waals surface area contributed by atoms with E-state index in [4.69, 9.17) is 0 Å². The molecule has 2 aromatic rings. The Hall–Kier alpha value is -3.28. The highest BCUT2D eigenvalue weighted by atomic mass is 16.3. The fourth-order valence-electron chi connectivity index (χ4n) is 5.50. The zero-order valence-electron chi connectivity index (χ0n) is 30.8. The maximum absolute atomic E-state index is 12.5. The lowest BCUT2D eigenvalue weighted by Crippen LogP contribution is -2.25. The maximum atomic E-state index is 12.5. The molecule has 0 heterocycles. The third kappa shape index (κ3) is 11.8. The summed E-state index contributed by atoms with van der Waals surface area (Å²) in [6.07, 6.45) is 8.15. The van der Waals surface area contributed by atoms with Crippen molar-refractivity contribution in [2.75, 3.05) is 13.1 Å². The van der Waals surface area contributed by atoms with E-state index in [1.165, 1.54) is 0 Å². The number of aryl methyl sites for hydroxylation is 1. The monoisotopic (exact) mass is 634 g/mol. The minimum atomic E-state index is -0.222. The molecule has 0 atom stereocenters. The third-order valence-corrected chi connectivity index (χ3v) is 8.33. The first kappa shape index (κ1) is 38.9. The summed E-state index contributed by atoms with van der Waals surface area (Å²) in [5.74, 6) is 0.606. The highest BCUT2D eigenvalue weighted by Crippen LogP contribution is 2.41. The van der Waals surface area contributed by atoms with Crippen LogP contribution in [-0.4, -0.2) is 35.1 Å². The average Bonchev–Trinajstić information content (AvgIpc) is 2.90. The summed E-state index contributed by atoms with van der Waals surface area (Å²) in [5.41, 5.74) is 4.73. The van der Waals surface area contributed by atoms with Crippen molar-refractivity contribution < 1.29 is 19.8 Å². The molecule has 6 heteroatoms. The molecule has 0 aliphatic heterocycles. The Kier molecular flexibility index (Phi) is 13.1. The predicted molar refractivity (Wildman–Crippen MR) is 193 cm³/mol. The highest BCUT2D eigenvalue weighted by molar-refractivity contribution is 5.91. The number of aromatic hydroxyl groups is 2. The summed E-state index contributed by atoms with van der Waals surface area (Å²) in [4.78, 5) is 25.0. The molecule has 0 radical (unpaired) electrons. The van der Waals surface area contributed by atoms with Crippen molar-refractivity contribution >= 4 is 17.9 Å². The molecule has 0 aliphatic carbocycles. The van der Waals surface area contributed by atoms with E-state index in [2.05, 4.69) is 93.7 Å². The standard InChI is InChI=1S/C40H62N2O4/c1-37(2,3)29-23-27(24-30(35(29)45)38(4,5)6)17-19-33(43)41-21-15-13-14-16-22-42-34(44)20-18-28-25-31(39(7,8)9)36(46)32(26-28)40(10,11)12/h17,19,23-26,45-46H,13-16,18,20-22H2,1-12H3,(H,41,43)(H,42,44). The van der Waals surface area contributed by atoms with Crippen molar-refractivity contribution in [2.45, 2.75) is 143 Å². The lowest BCUT2D eigenvalue weighted by atomic mass is 9.78. The number of hydrogen-bond acceptors (Lipinski definition) is 4. The first-order valence-corrected chi connectivity index (χ1v) is 17.0. The zero-order chi connectivity index (χ0) is 35.1. The van der Waals surface area contributed by atoms with E-state index in [-0.39, 0.29) is 33.5 Å². The number of amides is 2. The molecular weight excluding hydrogens is 572 g/mol. The Morgan fingerprint density at radius 3 is 1.41 bits per heavy atom. The van der Waals surface area contributed by atoms with Crippen LogP contribution in [0.4, 0.5) is 0 Å². The number of benzene rings is 2. The van der Waals surface area contributed by atoms with Gasteiger partial charge in [0.05, 0.1) is 0 Å². The molecule has 0 fully saturated rings. The van der Waals surface area contributed by atoms with Crippen LogP contribution in [0.2, 0.25) is 0 Å². The smallest absolute Gasteiger partial charge is 0.243 e. The van der Waals surface area contributed by atoms with Crippen LogP contribution < -0.4 is 10.6 Å². The number of carbonyl (C=O) groups excluding carboxylic acids is 2. The summed E-state index contributed by atoms with van der Waals surface area (Å²) in [6.45, 7) is 26.3. The largest absolute Gasteiger partial charge is 0.507 e. The van der Waals surface area contributed by atoms with Crippen LogP contribution in [0.1, 0.15) is 149 Å². The van der Waals surface area contributed by atoms with Gasteiger partial charge in [0.2, 0.25) is 11.8 Å². The number of carbonyl (C=O) groups is 2. The van der Waals surface area contributed by atoms with Crippen molar-refractivity contribution in [1.29, 1.82) is 0 Å². The van der Waals surface area contributed by atoms with Crippen molar-refractivity contribution in [1.82, 2.24) is 10.6 Å². The number of hydrogen-bond donors (Lipinski definition) is 4. The Bertz CT molecular complexity index is 1310. The van der Waals surface area contributed by atoms with Gasteiger partial charge in [-0.3, -0.25) is 9.59 Å². The zero-order valence-corrected chi connectivity index (χ0v) is 30.8. The SMILES string of the molecule is CC(C)(C)c1cc(C=CC(=O)NCCCCCCNC(=O)CCc2cc(C(C)(C)C)c(O)c(C(C)(C)C)c2)cc(C(C)(C)C)c1O. The molecule has 256 valence electrons. The van der Waals surface area contributed by atoms with Crippen molar-refractivity contribution in [3.63, 3.8) is 0 Å². The van der Waals surface area contributed by atoms with Gasteiger partial charge in [-0.2, -0.15) is 0 Å². The number of rotatable bonds is 12. The Morgan fingerprint density at radius 2 is 1.00 bits per heavy atom. The molecule has 0 bridgehead atoms. The Morgan fingerprint density at radius 1 is 0.609 bits per heavy atom. The fourth-order valence-corrected chi connectivity index (χ4v) is 5.50. The van der Waals surface area contributed by atoms with Gasteiger partial charge in [0.1, 0.15) is 11.5 Å². The second-order valence-corrected chi connectivity index (χ2v) is 16.9. The van der Waals surface area contributed by atoms with Gasteiger partial charge in [0.25, 0.3) is 0 Å². The van der Waals surface area contributed by atoms with E-state index >= 15 is 0 Å². The Balaban J connectivity index is 1.75. The molecule has 0 aromatic heterocycles. The second kappa shape index (κ2) is 15.5. The Labute approximate surface area is 279 Å². The molecule has 0 saturated carbocycles. The van der Waals surface area contributed by atoms with E-state index in [0.29, 0.717) is 37.4 Å². The van der Waals surface area contributed by atoms with Gasteiger partial charge in [0.15, 0.2) is 0 Å². The molecule has 4 N–H and O–H groups in total. The number of unbranched alkanes of at least 4 members (excludes halogenated alkanes) is 3. The number of phenolic OH excluding ortho intramolecular Hbond substituents is 2. The van der Waals surface area contributed by atoms with E-state index in [0.717, 1.165) is 59.1 Å². The second-order valence-electron chi connectivity index (χ2n) is 16.9. The third-order valence-electron chi connectivity index (χ3n) is 8.33. The molecule has 0 saturated heterocycles. The van der Waals surface area contributed by atoms with Crippen LogP contribution in [0, 0.1) is 0 Å². The van der Waals surface area contributed by atoms with Crippen LogP contribution >= 0.6 is 0 Å². The number of nitrogens with one attached hydrogen (secondary N) is 2. The summed E-state index contributed by atoms with van der Waals surface area (Å²) in [6, 6.07) is 8.02. The van der Waals surface area contributed by atoms with Crippen LogP contribution in [0.15, 0.2) is 30.3 Å². The quantitative estimate of drug-likeness (QED) is 0.139. The van der Waals surface area contributed by atoms with Crippen LogP contribution in [0.5, 0.6) is 11.5 Å². The van der Waals surface area contributed by atoms with Crippen LogP contribution in [0.25, 0.3) is 6.08 Å².